The summed E-state index contributed by atoms with van der Waals surface area (Å²) < 4.78 is 2.23. The van der Waals surface area contributed by atoms with E-state index in [1.54, 1.807) is 0 Å². The van der Waals surface area contributed by atoms with Gasteiger partial charge in [0.25, 0.3) is 0 Å². The first-order valence-corrected chi connectivity index (χ1v) is 6.03. The molecule has 0 bridgehead atoms. The van der Waals surface area contributed by atoms with Gasteiger partial charge in [0.05, 0.1) is 12.2 Å². The van der Waals surface area contributed by atoms with Crippen molar-refractivity contribution in [1.29, 1.82) is 0 Å². The summed E-state index contributed by atoms with van der Waals surface area (Å²) in [6, 6.07) is 10.8. The second kappa shape index (κ2) is 5.64. The van der Waals surface area contributed by atoms with Crippen LogP contribution >= 0.6 is 0 Å². The highest BCUT2D eigenvalue weighted by molar-refractivity contribution is 5.11. The van der Waals surface area contributed by atoms with E-state index in [0.717, 1.165) is 18.8 Å². The van der Waals surface area contributed by atoms with Crippen molar-refractivity contribution in [3.8, 4) is 0 Å². The van der Waals surface area contributed by atoms with E-state index in [1.165, 1.54) is 5.69 Å². The van der Waals surface area contributed by atoms with Crippen LogP contribution < -0.4 is 5.32 Å². The Labute approximate surface area is 103 Å². The standard InChI is InChI=1S/C14H19N3/c1-12(2)16-10-14-7-5-9-17(14)11-13-6-3-4-8-15-13/h3-9,12,16H,10-11H2,1-2H3. The number of pyridine rings is 1. The van der Waals surface area contributed by atoms with Crippen molar-refractivity contribution in [1.82, 2.24) is 14.9 Å². The zero-order chi connectivity index (χ0) is 12.1. The summed E-state index contributed by atoms with van der Waals surface area (Å²) in [6.45, 7) is 6.05. The van der Waals surface area contributed by atoms with E-state index in [9.17, 15) is 0 Å². The molecule has 3 heteroatoms. The minimum Gasteiger partial charge on any atom is -0.344 e. The molecule has 0 amide bonds. The van der Waals surface area contributed by atoms with Crippen molar-refractivity contribution >= 4 is 0 Å². The average molecular weight is 229 g/mol. The lowest BCUT2D eigenvalue weighted by Gasteiger charge is -2.11. The maximum Gasteiger partial charge on any atom is 0.0645 e. The first-order chi connectivity index (χ1) is 8.25. The zero-order valence-electron chi connectivity index (χ0n) is 10.4. The molecule has 3 nitrogen and oxygen atoms in total. The summed E-state index contributed by atoms with van der Waals surface area (Å²) in [5, 5.41) is 3.43. The third-order valence-electron chi connectivity index (χ3n) is 2.67. The second-order valence-electron chi connectivity index (χ2n) is 4.48. The van der Waals surface area contributed by atoms with E-state index in [1.807, 2.05) is 18.3 Å². The highest BCUT2D eigenvalue weighted by Gasteiger charge is 2.02. The molecule has 0 aliphatic rings. The van der Waals surface area contributed by atoms with Gasteiger partial charge in [0.2, 0.25) is 0 Å². The van der Waals surface area contributed by atoms with Crippen LogP contribution in [0.3, 0.4) is 0 Å². The molecular weight excluding hydrogens is 210 g/mol. The van der Waals surface area contributed by atoms with E-state index in [2.05, 4.69) is 53.1 Å². The molecule has 90 valence electrons. The fraction of sp³-hybridized carbons (Fsp3) is 0.357. The molecule has 2 aromatic heterocycles. The van der Waals surface area contributed by atoms with Crippen molar-refractivity contribution in [3.05, 3.63) is 54.1 Å². The van der Waals surface area contributed by atoms with E-state index in [4.69, 9.17) is 0 Å². The Morgan fingerprint density at radius 2 is 2.12 bits per heavy atom. The Hall–Kier alpha value is -1.61. The van der Waals surface area contributed by atoms with Crippen LogP contribution in [0, 0.1) is 0 Å². The average Bonchev–Trinajstić information content (AvgIpc) is 2.75. The van der Waals surface area contributed by atoms with E-state index < -0.39 is 0 Å². The first kappa shape index (κ1) is 11.9. The summed E-state index contributed by atoms with van der Waals surface area (Å²) in [4.78, 5) is 4.35. The van der Waals surface area contributed by atoms with Crippen molar-refractivity contribution in [3.63, 3.8) is 0 Å². The van der Waals surface area contributed by atoms with Crippen LogP contribution in [-0.4, -0.2) is 15.6 Å². The number of nitrogens with one attached hydrogen (secondary N) is 1. The van der Waals surface area contributed by atoms with Crippen molar-refractivity contribution in [2.75, 3.05) is 0 Å². The highest BCUT2D eigenvalue weighted by Crippen LogP contribution is 2.06. The van der Waals surface area contributed by atoms with Crippen molar-refractivity contribution < 1.29 is 0 Å². The molecule has 0 aromatic carbocycles. The molecule has 0 spiro atoms. The minimum absolute atomic E-state index is 0.508. The number of hydrogen-bond donors (Lipinski definition) is 1. The van der Waals surface area contributed by atoms with Crippen molar-refractivity contribution in [2.24, 2.45) is 0 Å². The van der Waals surface area contributed by atoms with Gasteiger partial charge in [-0.05, 0) is 24.3 Å². The molecule has 2 rings (SSSR count). The predicted molar refractivity (Wildman–Crippen MR) is 69.7 cm³/mol. The van der Waals surface area contributed by atoms with Gasteiger partial charge in [-0.25, -0.2) is 0 Å². The van der Waals surface area contributed by atoms with Gasteiger partial charge in [0.1, 0.15) is 0 Å². The summed E-state index contributed by atoms with van der Waals surface area (Å²) >= 11 is 0. The molecule has 0 unspecified atom stereocenters. The largest absolute Gasteiger partial charge is 0.344 e. The maximum absolute atomic E-state index is 4.35. The Morgan fingerprint density at radius 1 is 1.24 bits per heavy atom. The molecule has 17 heavy (non-hydrogen) atoms. The van der Waals surface area contributed by atoms with Crippen LogP contribution in [0.1, 0.15) is 25.2 Å². The molecule has 0 atom stereocenters. The number of aromatic nitrogens is 2. The fourth-order valence-electron chi connectivity index (χ4n) is 1.74. The topological polar surface area (TPSA) is 29.9 Å². The monoisotopic (exact) mass is 229 g/mol. The lowest BCUT2D eigenvalue weighted by molar-refractivity contribution is 0.563. The van der Waals surface area contributed by atoms with Crippen LogP contribution in [0.2, 0.25) is 0 Å². The summed E-state index contributed by atoms with van der Waals surface area (Å²) in [5.74, 6) is 0. The van der Waals surface area contributed by atoms with Gasteiger partial charge in [-0.1, -0.05) is 19.9 Å². The molecule has 0 radical (unpaired) electrons. The normalized spacial score (nSPS) is 11.0. The smallest absolute Gasteiger partial charge is 0.0645 e. The van der Waals surface area contributed by atoms with Gasteiger partial charge in [-0.3, -0.25) is 4.98 Å². The molecule has 1 N–H and O–H groups in total. The van der Waals surface area contributed by atoms with Gasteiger partial charge in [-0.15, -0.1) is 0 Å². The lowest BCUT2D eigenvalue weighted by atomic mass is 10.3. The minimum atomic E-state index is 0.508. The molecule has 0 saturated carbocycles. The fourth-order valence-corrected chi connectivity index (χ4v) is 1.74. The molecule has 0 aliphatic carbocycles. The maximum atomic E-state index is 4.35. The van der Waals surface area contributed by atoms with E-state index >= 15 is 0 Å². The summed E-state index contributed by atoms with van der Waals surface area (Å²) in [6.07, 6.45) is 3.94. The number of hydrogen-bond acceptors (Lipinski definition) is 2. The molecular formula is C14H19N3. The highest BCUT2D eigenvalue weighted by atomic mass is 15.0. The van der Waals surface area contributed by atoms with E-state index in [0.29, 0.717) is 6.04 Å². The van der Waals surface area contributed by atoms with Crippen LogP contribution in [-0.2, 0) is 13.1 Å². The summed E-state index contributed by atoms with van der Waals surface area (Å²) in [5.41, 5.74) is 2.39. The van der Waals surface area contributed by atoms with Crippen molar-refractivity contribution in [2.45, 2.75) is 33.0 Å². The van der Waals surface area contributed by atoms with Crippen LogP contribution in [0.25, 0.3) is 0 Å². The van der Waals surface area contributed by atoms with Crippen LogP contribution in [0.15, 0.2) is 42.7 Å². The Kier molecular flexibility index (Phi) is 3.94. The third-order valence-corrected chi connectivity index (χ3v) is 2.67. The Morgan fingerprint density at radius 3 is 2.82 bits per heavy atom. The molecule has 0 saturated heterocycles. The van der Waals surface area contributed by atoms with Gasteiger partial charge < -0.3 is 9.88 Å². The predicted octanol–water partition coefficient (Wildman–Crippen LogP) is 2.43. The summed E-state index contributed by atoms with van der Waals surface area (Å²) in [7, 11) is 0. The first-order valence-electron chi connectivity index (χ1n) is 6.03. The van der Waals surface area contributed by atoms with Gasteiger partial charge >= 0.3 is 0 Å². The van der Waals surface area contributed by atoms with Gasteiger partial charge in [-0.2, -0.15) is 0 Å². The van der Waals surface area contributed by atoms with E-state index in [-0.39, 0.29) is 0 Å². The van der Waals surface area contributed by atoms with Crippen LogP contribution in [0.5, 0.6) is 0 Å². The van der Waals surface area contributed by atoms with Gasteiger partial charge in [0, 0.05) is 30.7 Å². The van der Waals surface area contributed by atoms with Crippen LogP contribution in [0.4, 0.5) is 0 Å². The second-order valence-corrected chi connectivity index (χ2v) is 4.48. The molecule has 0 aliphatic heterocycles. The zero-order valence-corrected chi connectivity index (χ0v) is 10.4. The molecule has 2 aromatic rings. The molecule has 2 heterocycles. The van der Waals surface area contributed by atoms with Gasteiger partial charge in [0.15, 0.2) is 0 Å². The lowest BCUT2D eigenvalue weighted by Crippen LogP contribution is -2.23. The number of rotatable bonds is 5. The third kappa shape index (κ3) is 3.43. The SMILES string of the molecule is CC(C)NCc1cccn1Cc1ccccn1. The Balaban J connectivity index is 2.04. The number of nitrogens with zero attached hydrogens (tertiary/aromatic N) is 2. The molecule has 0 fully saturated rings. The Bertz CT molecular complexity index is 446. The quantitative estimate of drug-likeness (QED) is 0.853.